The lowest BCUT2D eigenvalue weighted by Crippen LogP contribution is -2.28. The van der Waals surface area contributed by atoms with Gasteiger partial charge in [0.1, 0.15) is 18.1 Å². The number of nitrogens with one attached hydrogen (secondary N) is 1. The summed E-state index contributed by atoms with van der Waals surface area (Å²) in [5.41, 5.74) is 3.60. The first-order chi connectivity index (χ1) is 13.4. The van der Waals surface area contributed by atoms with Gasteiger partial charge in [0, 0.05) is 5.02 Å². The monoisotopic (exact) mass is 398 g/mol. The van der Waals surface area contributed by atoms with Crippen LogP contribution in [0.4, 0.5) is 0 Å². The molecule has 3 aromatic rings. The van der Waals surface area contributed by atoms with Gasteiger partial charge >= 0.3 is 0 Å². The molecule has 3 rings (SSSR count). The van der Waals surface area contributed by atoms with E-state index < -0.39 is 0 Å². The summed E-state index contributed by atoms with van der Waals surface area (Å²) in [6.45, 7) is 6.08. The molecule has 0 radical (unpaired) electrons. The Balaban J connectivity index is 1.53. The maximum Gasteiger partial charge on any atom is 0.224 e. The largest absolute Gasteiger partial charge is 0.489 e. The van der Waals surface area contributed by atoms with Gasteiger partial charge in [-0.15, -0.1) is 0 Å². The normalized spacial score (nSPS) is 11.9. The summed E-state index contributed by atoms with van der Waals surface area (Å²) in [6, 6.07) is 14.9. The molecule has 28 heavy (non-hydrogen) atoms. The topological polar surface area (TPSA) is 64.4 Å². The number of hydrogen-bond donors (Lipinski definition) is 1. The van der Waals surface area contributed by atoms with Crippen molar-refractivity contribution in [1.82, 2.24) is 10.5 Å². The maximum absolute atomic E-state index is 12.3. The Kier molecular flexibility index (Phi) is 6.37. The fourth-order valence-electron chi connectivity index (χ4n) is 2.95. The van der Waals surface area contributed by atoms with Crippen LogP contribution in [0.3, 0.4) is 0 Å². The van der Waals surface area contributed by atoms with Gasteiger partial charge in [-0.25, -0.2) is 0 Å². The SMILES string of the molecule is Cc1noc(C)c1COc1ccc(CC(=O)NC(C)c2ccccc2Cl)cc1. The second-order valence-electron chi connectivity index (χ2n) is 6.72. The fraction of sp³-hybridized carbons (Fsp3) is 0.273. The number of amides is 1. The molecule has 146 valence electrons. The van der Waals surface area contributed by atoms with E-state index in [1.54, 1.807) is 0 Å². The summed E-state index contributed by atoms with van der Waals surface area (Å²) in [4.78, 5) is 12.3. The van der Waals surface area contributed by atoms with Gasteiger partial charge in [0.2, 0.25) is 5.91 Å². The van der Waals surface area contributed by atoms with Crippen molar-refractivity contribution in [2.24, 2.45) is 0 Å². The van der Waals surface area contributed by atoms with Crippen molar-refractivity contribution in [2.75, 3.05) is 0 Å². The van der Waals surface area contributed by atoms with Gasteiger partial charge in [0.05, 0.1) is 23.7 Å². The molecule has 1 N–H and O–H groups in total. The molecule has 1 heterocycles. The van der Waals surface area contributed by atoms with Gasteiger partial charge in [-0.1, -0.05) is 47.1 Å². The lowest BCUT2D eigenvalue weighted by atomic mass is 10.1. The van der Waals surface area contributed by atoms with Crippen molar-refractivity contribution in [3.63, 3.8) is 0 Å². The summed E-state index contributed by atoms with van der Waals surface area (Å²) < 4.78 is 10.9. The molecule has 0 fully saturated rings. The van der Waals surface area contributed by atoms with Crippen molar-refractivity contribution >= 4 is 17.5 Å². The van der Waals surface area contributed by atoms with Crippen LogP contribution in [0.25, 0.3) is 0 Å². The third-order valence-corrected chi connectivity index (χ3v) is 4.95. The quantitative estimate of drug-likeness (QED) is 0.612. The smallest absolute Gasteiger partial charge is 0.224 e. The Morgan fingerprint density at radius 2 is 1.89 bits per heavy atom. The zero-order valence-electron chi connectivity index (χ0n) is 16.2. The van der Waals surface area contributed by atoms with Crippen LogP contribution >= 0.6 is 11.6 Å². The molecule has 1 aromatic heterocycles. The molecule has 0 aliphatic heterocycles. The van der Waals surface area contributed by atoms with Gasteiger partial charge < -0.3 is 14.6 Å². The van der Waals surface area contributed by atoms with Crippen LogP contribution in [-0.2, 0) is 17.8 Å². The average molecular weight is 399 g/mol. The Bertz CT molecular complexity index is 931. The number of rotatable bonds is 7. The molecule has 1 atom stereocenters. The van der Waals surface area contributed by atoms with E-state index in [2.05, 4.69) is 10.5 Å². The van der Waals surface area contributed by atoms with E-state index in [1.807, 2.05) is 69.3 Å². The molecule has 0 aliphatic carbocycles. The number of ether oxygens (including phenoxy) is 1. The molecule has 1 amide bonds. The molecule has 1 unspecified atom stereocenters. The summed E-state index contributed by atoms with van der Waals surface area (Å²) in [5, 5.41) is 7.55. The minimum absolute atomic E-state index is 0.0585. The highest BCUT2D eigenvalue weighted by Crippen LogP contribution is 2.22. The standard InChI is InChI=1S/C22H23ClN2O3/c1-14(19-6-4-5-7-21(19)23)24-22(26)12-17-8-10-18(11-9-17)27-13-20-15(2)25-28-16(20)3/h4-11,14H,12-13H2,1-3H3,(H,24,26). The Morgan fingerprint density at radius 3 is 2.54 bits per heavy atom. The van der Waals surface area contributed by atoms with Gasteiger partial charge in [-0.2, -0.15) is 0 Å². The first kappa shape index (κ1) is 20.0. The van der Waals surface area contributed by atoms with E-state index in [-0.39, 0.29) is 11.9 Å². The zero-order chi connectivity index (χ0) is 20.1. The summed E-state index contributed by atoms with van der Waals surface area (Å²) in [7, 11) is 0. The van der Waals surface area contributed by atoms with Crippen LogP contribution in [-0.4, -0.2) is 11.1 Å². The summed E-state index contributed by atoms with van der Waals surface area (Å²) >= 11 is 6.19. The van der Waals surface area contributed by atoms with Crippen molar-refractivity contribution in [3.05, 3.63) is 81.7 Å². The van der Waals surface area contributed by atoms with Gasteiger partial charge in [-0.05, 0) is 50.1 Å². The first-order valence-electron chi connectivity index (χ1n) is 9.11. The maximum atomic E-state index is 12.3. The number of benzene rings is 2. The van der Waals surface area contributed by atoms with E-state index in [9.17, 15) is 4.79 Å². The van der Waals surface area contributed by atoms with E-state index in [0.29, 0.717) is 18.1 Å². The van der Waals surface area contributed by atoms with Crippen molar-refractivity contribution in [3.8, 4) is 5.75 Å². The Labute approximate surface area is 169 Å². The number of halogens is 1. The number of carbonyl (C=O) groups excluding carboxylic acids is 1. The van der Waals surface area contributed by atoms with Crippen molar-refractivity contribution < 1.29 is 14.1 Å². The van der Waals surface area contributed by atoms with E-state index in [4.69, 9.17) is 20.9 Å². The molecule has 6 heteroatoms. The minimum Gasteiger partial charge on any atom is -0.489 e. The number of carbonyl (C=O) groups is 1. The minimum atomic E-state index is -0.154. The molecule has 5 nitrogen and oxygen atoms in total. The lowest BCUT2D eigenvalue weighted by Gasteiger charge is -2.16. The molecule has 0 spiro atoms. The van der Waals surface area contributed by atoms with Crippen molar-refractivity contribution in [1.29, 1.82) is 0 Å². The highest BCUT2D eigenvalue weighted by molar-refractivity contribution is 6.31. The van der Waals surface area contributed by atoms with E-state index >= 15 is 0 Å². The van der Waals surface area contributed by atoms with Gasteiger partial charge in [0.15, 0.2) is 0 Å². The van der Waals surface area contributed by atoms with Gasteiger partial charge in [0.25, 0.3) is 0 Å². The number of aromatic nitrogens is 1. The number of nitrogens with zero attached hydrogens (tertiary/aromatic N) is 1. The van der Waals surface area contributed by atoms with Crippen LogP contribution < -0.4 is 10.1 Å². The second kappa shape index (κ2) is 8.93. The van der Waals surface area contributed by atoms with Crippen LogP contribution in [0, 0.1) is 13.8 Å². The third-order valence-electron chi connectivity index (χ3n) is 4.60. The number of aryl methyl sites for hydroxylation is 2. The predicted molar refractivity (Wildman–Crippen MR) is 108 cm³/mol. The molecule has 0 saturated carbocycles. The first-order valence-corrected chi connectivity index (χ1v) is 9.49. The Morgan fingerprint density at radius 1 is 1.18 bits per heavy atom. The fourth-order valence-corrected chi connectivity index (χ4v) is 3.25. The van der Waals surface area contributed by atoms with Crippen LogP contribution in [0.5, 0.6) is 5.75 Å². The zero-order valence-corrected chi connectivity index (χ0v) is 16.9. The molecule has 2 aromatic carbocycles. The van der Waals surface area contributed by atoms with Crippen molar-refractivity contribution in [2.45, 2.75) is 39.8 Å². The summed E-state index contributed by atoms with van der Waals surface area (Å²) in [5.74, 6) is 1.43. The number of hydrogen-bond acceptors (Lipinski definition) is 4. The Hall–Kier alpha value is -2.79. The van der Waals surface area contributed by atoms with Gasteiger partial charge in [-0.3, -0.25) is 4.79 Å². The molecule has 0 bridgehead atoms. The molecular formula is C22H23ClN2O3. The highest BCUT2D eigenvalue weighted by atomic mass is 35.5. The van der Waals surface area contributed by atoms with E-state index in [1.165, 1.54) is 0 Å². The van der Waals surface area contributed by atoms with Crippen LogP contribution in [0.2, 0.25) is 5.02 Å². The van der Waals surface area contributed by atoms with E-state index in [0.717, 1.165) is 33.9 Å². The molecule has 0 saturated heterocycles. The predicted octanol–water partition coefficient (Wildman–Crippen LogP) is 4.94. The average Bonchev–Trinajstić information content (AvgIpc) is 2.99. The second-order valence-corrected chi connectivity index (χ2v) is 7.13. The molecular weight excluding hydrogens is 376 g/mol. The highest BCUT2D eigenvalue weighted by Gasteiger charge is 2.13. The lowest BCUT2D eigenvalue weighted by molar-refractivity contribution is -0.121. The summed E-state index contributed by atoms with van der Waals surface area (Å²) in [6.07, 6.45) is 0.291. The van der Waals surface area contributed by atoms with Crippen LogP contribution in [0.15, 0.2) is 53.1 Å². The third kappa shape index (κ3) is 4.93. The van der Waals surface area contributed by atoms with Crippen LogP contribution in [0.1, 0.15) is 41.1 Å². The molecule has 0 aliphatic rings.